The van der Waals surface area contributed by atoms with E-state index in [1.807, 2.05) is 23.1 Å². The van der Waals surface area contributed by atoms with Crippen LogP contribution in [0.1, 0.15) is 12.5 Å². The molecular formula is C11H13NO2. The highest BCUT2D eigenvalue weighted by Crippen LogP contribution is 2.28. The summed E-state index contributed by atoms with van der Waals surface area (Å²) in [6.45, 7) is 2.54. The van der Waals surface area contributed by atoms with Crippen LogP contribution < -0.4 is 4.90 Å². The van der Waals surface area contributed by atoms with Crippen LogP contribution in [0.25, 0.3) is 0 Å². The Morgan fingerprint density at radius 2 is 2.21 bits per heavy atom. The number of nitrogens with zero attached hydrogens (tertiary/aromatic N) is 1. The monoisotopic (exact) mass is 191 g/mol. The van der Waals surface area contributed by atoms with Crippen LogP contribution in [0.2, 0.25) is 0 Å². The number of hydrogen-bond donors (Lipinski definition) is 1. The summed E-state index contributed by atoms with van der Waals surface area (Å²) in [7, 11) is 0. The molecule has 1 atom stereocenters. The Hall–Kier alpha value is -1.51. The van der Waals surface area contributed by atoms with E-state index in [2.05, 4.69) is 6.07 Å². The van der Waals surface area contributed by atoms with Gasteiger partial charge in [0.15, 0.2) is 0 Å². The zero-order valence-corrected chi connectivity index (χ0v) is 8.10. The molecule has 0 fully saturated rings. The zero-order chi connectivity index (χ0) is 10.1. The molecule has 1 aliphatic heterocycles. The van der Waals surface area contributed by atoms with Crippen molar-refractivity contribution in [3.63, 3.8) is 0 Å². The maximum atomic E-state index is 10.9. The van der Waals surface area contributed by atoms with Gasteiger partial charge in [-0.2, -0.15) is 0 Å². The van der Waals surface area contributed by atoms with Crippen LogP contribution in [-0.4, -0.2) is 23.7 Å². The Morgan fingerprint density at radius 3 is 2.93 bits per heavy atom. The average molecular weight is 191 g/mol. The maximum Gasteiger partial charge on any atom is 0.326 e. The van der Waals surface area contributed by atoms with Gasteiger partial charge in [0, 0.05) is 12.2 Å². The molecule has 3 nitrogen and oxygen atoms in total. The largest absolute Gasteiger partial charge is 0.480 e. The fourth-order valence-corrected chi connectivity index (χ4v) is 1.90. The standard InChI is InChI=1S/C11H13NO2/c1-8(11(13)14)12-7-6-9-4-2-3-5-10(9)12/h2-5,8H,6-7H2,1H3,(H,13,14). The van der Waals surface area contributed by atoms with E-state index >= 15 is 0 Å². The summed E-state index contributed by atoms with van der Waals surface area (Å²) in [5.41, 5.74) is 2.32. The second-order valence-corrected chi connectivity index (χ2v) is 3.59. The Labute approximate surface area is 83.0 Å². The van der Waals surface area contributed by atoms with E-state index in [0.29, 0.717) is 0 Å². The third-order valence-corrected chi connectivity index (χ3v) is 2.75. The van der Waals surface area contributed by atoms with Gasteiger partial charge >= 0.3 is 5.97 Å². The van der Waals surface area contributed by atoms with Crippen LogP contribution in [-0.2, 0) is 11.2 Å². The minimum atomic E-state index is -0.762. The predicted octanol–water partition coefficient (Wildman–Crippen LogP) is 1.52. The van der Waals surface area contributed by atoms with Gasteiger partial charge in [-0.05, 0) is 25.0 Å². The van der Waals surface area contributed by atoms with Gasteiger partial charge in [0.25, 0.3) is 0 Å². The second kappa shape index (κ2) is 3.33. The first kappa shape index (κ1) is 9.06. The highest BCUT2D eigenvalue weighted by atomic mass is 16.4. The Morgan fingerprint density at radius 1 is 1.50 bits per heavy atom. The van der Waals surface area contributed by atoms with Crippen LogP contribution in [0.4, 0.5) is 5.69 Å². The van der Waals surface area contributed by atoms with E-state index in [1.54, 1.807) is 6.92 Å². The number of carbonyl (C=O) groups is 1. The van der Waals surface area contributed by atoms with Crippen LogP contribution in [0.15, 0.2) is 24.3 Å². The molecule has 0 saturated heterocycles. The molecule has 0 saturated carbocycles. The van der Waals surface area contributed by atoms with E-state index in [0.717, 1.165) is 18.7 Å². The van der Waals surface area contributed by atoms with Crippen molar-refractivity contribution in [3.8, 4) is 0 Å². The smallest absolute Gasteiger partial charge is 0.326 e. The van der Waals surface area contributed by atoms with E-state index in [9.17, 15) is 4.79 Å². The van der Waals surface area contributed by atoms with Crippen molar-refractivity contribution in [3.05, 3.63) is 29.8 Å². The van der Waals surface area contributed by atoms with Gasteiger partial charge in [-0.3, -0.25) is 0 Å². The number of benzene rings is 1. The number of rotatable bonds is 2. The minimum Gasteiger partial charge on any atom is -0.480 e. The van der Waals surface area contributed by atoms with E-state index in [-0.39, 0.29) is 0 Å². The molecule has 3 heteroatoms. The molecule has 1 unspecified atom stereocenters. The molecule has 2 rings (SSSR count). The lowest BCUT2D eigenvalue weighted by Gasteiger charge is -2.23. The van der Waals surface area contributed by atoms with Crippen LogP contribution in [0.3, 0.4) is 0 Å². The third kappa shape index (κ3) is 1.35. The summed E-state index contributed by atoms with van der Waals surface area (Å²) in [5, 5.41) is 8.93. The predicted molar refractivity (Wildman–Crippen MR) is 54.6 cm³/mol. The fourth-order valence-electron chi connectivity index (χ4n) is 1.90. The number of carboxylic acids is 1. The molecule has 1 aromatic rings. The van der Waals surface area contributed by atoms with Gasteiger partial charge in [-0.15, -0.1) is 0 Å². The molecule has 1 aromatic carbocycles. The SMILES string of the molecule is CC(C(=O)O)N1CCc2ccccc21. The highest BCUT2D eigenvalue weighted by Gasteiger charge is 2.26. The quantitative estimate of drug-likeness (QED) is 0.770. The molecule has 0 spiro atoms. The van der Waals surface area contributed by atoms with Crippen molar-refractivity contribution in [2.75, 3.05) is 11.4 Å². The molecular weight excluding hydrogens is 178 g/mol. The topological polar surface area (TPSA) is 40.5 Å². The minimum absolute atomic E-state index is 0.432. The lowest BCUT2D eigenvalue weighted by molar-refractivity contribution is -0.138. The number of aliphatic carboxylic acids is 1. The van der Waals surface area contributed by atoms with E-state index in [1.165, 1.54) is 5.56 Å². The van der Waals surface area contributed by atoms with Crippen molar-refractivity contribution in [1.82, 2.24) is 0 Å². The average Bonchev–Trinajstić information content (AvgIpc) is 2.60. The molecule has 0 amide bonds. The molecule has 0 bridgehead atoms. The third-order valence-electron chi connectivity index (χ3n) is 2.75. The van der Waals surface area contributed by atoms with Crippen LogP contribution >= 0.6 is 0 Å². The van der Waals surface area contributed by atoms with Gasteiger partial charge < -0.3 is 10.0 Å². The van der Waals surface area contributed by atoms with Crippen molar-refractivity contribution in [2.45, 2.75) is 19.4 Å². The highest BCUT2D eigenvalue weighted by molar-refractivity contribution is 5.79. The summed E-state index contributed by atoms with van der Waals surface area (Å²) in [6.07, 6.45) is 0.952. The van der Waals surface area contributed by atoms with Crippen LogP contribution in [0, 0.1) is 0 Å². The van der Waals surface area contributed by atoms with Crippen LogP contribution in [0.5, 0.6) is 0 Å². The number of para-hydroxylation sites is 1. The van der Waals surface area contributed by atoms with Gasteiger partial charge in [0.1, 0.15) is 6.04 Å². The summed E-state index contributed by atoms with van der Waals surface area (Å²) < 4.78 is 0. The summed E-state index contributed by atoms with van der Waals surface area (Å²) in [6, 6.07) is 7.56. The van der Waals surface area contributed by atoms with E-state index in [4.69, 9.17) is 5.11 Å². The van der Waals surface area contributed by atoms with Crippen molar-refractivity contribution in [2.24, 2.45) is 0 Å². The lowest BCUT2D eigenvalue weighted by atomic mass is 10.2. The van der Waals surface area contributed by atoms with E-state index < -0.39 is 12.0 Å². The lowest BCUT2D eigenvalue weighted by Crippen LogP contribution is -2.37. The van der Waals surface area contributed by atoms with Crippen molar-refractivity contribution >= 4 is 11.7 Å². The van der Waals surface area contributed by atoms with Gasteiger partial charge in [-0.25, -0.2) is 4.79 Å². The molecule has 1 N–H and O–H groups in total. The second-order valence-electron chi connectivity index (χ2n) is 3.59. The number of carboxylic acid groups (broad SMARTS) is 1. The van der Waals surface area contributed by atoms with Crippen molar-refractivity contribution < 1.29 is 9.90 Å². The summed E-state index contributed by atoms with van der Waals surface area (Å²) >= 11 is 0. The van der Waals surface area contributed by atoms with Gasteiger partial charge in [-0.1, -0.05) is 18.2 Å². The first-order valence-electron chi connectivity index (χ1n) is 4.77. The fraction of sp³-hybridized carbons (Fsp3) is 0.364. The molecule has 0 aliphatic carbocycles. The molecule has 1 aliphatic rings. The molecule has 14 heavy (non-hydrogen) atoms. The number of hydrogen-bond acceptors (Lipinski definition) is 2. The summed E-state index contributed by atoms with van der Waals surface area (Å²) in [4.78, 5) is 12.8. The normalized spacial score (nSPS) is 16.5. The van der Waals surface area contributed by atoms with Gasteiger partial charge in [0.2, 0.25) is 0 Å². The molecule has 0 aromatic heterocycles. The maximum absolute atomic E-state index is 10.9. The zero-order valence-electron chi connectivity index (χ0n) is 8.10. The van der Waals surface area contributed by atoms with Crippen molar-refractivity contribution in [1.29, 1.82) is 0 Å². The number of fused-ring (bicyclic) bond motifs is 1. The van der Waals surface area contributed by atoms with Gasteiger partial charge in [0.05, 0.1) is 0 Å². The molecule has 1 heterocycles. The Kier molecular flexibility index (Phi) is 2.15. The Bertz CT molecular complexity index is 362. The first-order chi connectivity index (χ1) is 6.70. The first-order valence-corrected chi connectivity index (χ1v) is 4.77. The summed E-state index contributed by atoms with van der Waals surface area (Å²) in [5.74, 6) is -0.762. The Balaban J connectivity index is 2.30. The molecule has 74 valence electrons. The number of anilines is 1. The molecule has 0 radical (unpaired) electrons.